The van der Waals surface area contributed by atoms with Gasteiger partial charge in [0.05, 0.1) is 18.3 Å². The minimum atomic E-state index is -0.384. The molecule has 27 heavy (non-hydrogen) atoms. The second-order valence-corrected chi connectivity index (χ2v) is 9.38. The molecule has 2 aromatic carbocycles. The second kappa shape index (κ2) is 6.68. The van der Waals surface area contributed by atoms with Crippen LogP contribution in [0.1, 0.15) is 54.0 Å². The van der Waals surface area contributed by atoms with E-state index in [9.17, 15) is 0 Å². The van der Waals surface area contributed by atoms with Crippen molar-refractivity contribution in [1.82, 2.24) is 0 Å². The highest BCUT2D eigenvalue weighted by molar-refractivity contribution is 6.62. The maximum Gasteiger partial charge on any atom is 0.494 e. The van der Waals surface area contributed by atoms with E-state index in [1.54, 1.807) is 7.11 Å². The lowest BCUT2D eigenvalue weighted by Crippen LogP contribution is -2.41. The predicted octanol–water partition coefficient (Wildman–Crippen LogP) is 4.96. The van der Waals surface area contributed by atoms with Gasteiger partial charge in [0.2, 0.25) is 0 Å². The van der Waals surface area contributed by atoms with Crippen LogP contribution in [-0.2, 0) is 14.7 Å². The average molecular weight is 366 g/mol. The molecule has 0 saturated carbocycles. The molecule has 1 heterocycles. The summed E-state index contributed by atoms with van der Waals surface area (Å²) >= 11 is 0. The second-order valence-electron chi connectivity index (χ2n) is 9.38. The quantitative estimate of drug-likeness (QED) is 0.719. The first kappa shape index (κ1) is 20.0. The maximum absolute atomic E-state index is 6.31. The summed E-state index contributed by atoms with van der Waals surface area (Å²) in [4.78, 5) is 0. The molecule has 0 spiro atoms. The van der Waals surface area contributed by atoms with Gasteiger partial charge in [-0.2, -0.15) is 0 Å². The minimum absolute atomic E-state index is 0.0103. The molecule has 0 aromatic heterocycles. The van der Waals surface area contributed by atoms with Crippen LogP contribution in [0.15, 0.2) is 42.5 Å². The highest BCUT2D eigenvalue weighted by Crippen LogP contribution is 2.38. The largest absolute Gasteiger partial charge is 0.496 e. The van der Waals surface area contributed by atoms with Crippen molar-refractivity contribution in [3.63, 3.8) is 0 Å². The summed E-state index contributed by atoms with van der Waals surface area (Å²) in [5.41, 5.74) is 3.77. The van der Waals surface area contributed by atoms with E-state index in [-0.39, 0.29) is 23.7 Å². The van der Waals surface area contributed by atoms with E-state index in [0.29, 0.717) is 0 Å². The van der Waals surface area contributed by atoms with Gasteiger partial charge in [0.1, 0.15) is 5.75 Å². The van der Waals surface area contributed by atoms with Crippen LogP contribution in [-0.4, -0.2) is 25.4 Å². The van der Waals surface area contributed by atoms with Gasteiger partial charge in [-0.3, -0.25) is 0 Å². The van der Waals surface area contributed by atoms with Gasteiger partial charge >= 0.3 is 7.12 Å². The molecule has 0 bridgehead atoms. The molecule has 1 aliphatic heterocycles. The standard InChI is InChI=1S/C23H31BO3/c1-21(2,3)17-13-16(19-11-9-10-12-20(19)25-8)14-18(15-17)24-26-22(4,5)23(6,7)27-24/h9-15H,1-8H3. The van der Waals surface area contributed by atoms with E-state index >= 15 is 0 Å². The van der Waals surface area contributed by atoms with Crippen LogP contribution < -0.4 is 10.2 Å². The normalized spacial score (nSPS) is 18.6. The average Bonchev–Trinajstić information content (AvgIpc) is 2.81. The first-order valence-corrected chi connectivity index (χ1v) is 9.59. The lowest BCUT2D eigenvalue weighted by atomic mass is 9.74. The van der Waals surface area contributed by atoms with Gasteiger partial charge in [0.25, 0.3) is 0 Å². The third-order valence-electron chi connectivity index (χ3n) is 5.76. The van der Waals surface area contributed by atoms with Gasteiger partial charge in [-0.05, 0) is 55.8 Å². The Morgan fingerprint density at radius 1 is 0.889 bits per heavy atom. The van der Waals surface area contributed by atoms with E-state index in [2.05, 4.69) is 72.7 Å². The molecule has 0 N–H and O–H groups in total. The molecule has 0 radical (unpaired) electrons. The Bertz CT molecular complexity index is 818. The van der Waals surface area contributed by atoms with Crippen LogP contribution in [0.4, 0.5) is 0 Å². The number of hydrogen-bond donors (Lipinski definition) is 0. The van der Waals surface area contributed by atoms with Crippen LogP contribution in [0.2, 0.25) is 0 Å². The fraction of sp³-hybridized carbons (Fsp3) is 0.478. The summed E-state index contributed by atoms with van der Waals surface area (Å²) in [6, 6.07) is 14.7. The zero-order valence-electron chi connectivity index (χ0n) is 17.8. The zero-order chi connectivity index (χ0) is 20.0. The maximum atomic E-state index is 6.31. The predicted molar refractivity (Wildman–Crippen MR) is 113 cm³/mol. The summed E-state index contributed by atoms with van der Waals surface area (Å²) in [5.74, 6) is 0.864. The monoisotopic (exact) mass is 366 g/mol. The molecule has 4 heteroatoms. The first-order chi connectivity index (χ1) is 12.4. The van der Waals surface area contributed by atoms with Crippen LogP contribution in [0.3, 0.4) is 0 Å². The molecular formula is C23H31BO3. The Morgan fingerprint density at radius 3 is 2.04 bits per heavy atom. The molecule has 0 aliphatic carbocycles. The summed E-state index contributed by atoms with van der Waals surface area (Å²) < 4.78 is 18.2. The fourth-order valence-electron chi connectivity index (χ4n) is 3.24. The van der Waals surface area contributed by atoms with Crippen LogP contribution in [0.25, 0.3) is 11.1 Å². The summed E-state index contributed by atoms with van der Waals surface area (Å²) in [5, 5.41) is 0. The Morgan fingerprint density at radius 2 is 1.48 bits per heavy atom. The Balaban J connectivity index is 2.13. The minimum Gasteiger partial charge on any atom is -0.496 e. The third-order valence-corrected chi connectivity index (χ3v) is 5.76. The van der Waals surface area contributed by atoms with E-state index < -0.39 is 0 Å². The Hall–Kier alpha value is -1.78. The summed E-state index contributed by atoms with van der Waals surface area (Å²) in [7, 11) is 1.33. The highest BCUT2D eigenvalue weighted by Gasteiger charge is 2.51. The Labute approximate surface area is 164 Å². The zero-order valence-corrected chi connectivity index (χ0v) is 17.8. The number of benzene rings is 2. The molecule has 3 rings (SSSR count). The van der Waals surface area contributed by atoms with Crippen LogP contribution >= 0.6 is 0 Å². The Kier molecular flexibility index (Phi) is 4.94. The molecular weight excluding hydrogens is 335 g/mol. The number of ether oxygens (including phenoxy) is 1. The molecule has 1 aliphatic rings. The molecule has 0 unspecified atom stereocenters. The van der Waals surface area contributed by atoms with Crippen molar-refractivity contribution in [2.75, 3.05) is 7.11 Å². The van der Waals surface area contributed by atoms with E-state index in [0.717, 1.165) is 22.3 Å². The van der Waals surface area contributed by atoms with E-state index in [1.165, 1.54) is 5.56 Å². The molecule has 2 aromatic rings. The van der Waals surface area contributed by atoms with Gasteiger partial charge in [-0.1, -0.05) is 57.2 Å². The SMILES string of the molecule is COc1ccccc1-c1cc(B2OC(C)(C)C(C)(C)O2)cc(C(C)(C)C)c1. The number of rotatable bonds is 3. The summed E-state index contributed by atoms with van der Waals surface area (Å²) in [6.07, 6.45) is 0. The first-order valence-electron chi connectivity index (χ1n) is 9.59. The van der Waals surface area contributed by atoms with Gasteiger partial charge < -0.3 is 14.0 Å². The molecule has 0 amide bonds. The molecule has 1 fully saturated rings. The van der Waals surface area contributed by atoms with Crippen molar-refractivity contribution in [2.45, 2.75) is 65.1 Å². The van der Waals surface area contributed by atoms with Gasteiger partial charge in [-0.25, -0.2) is 0 Å². The van der Waals surface area contributed by atoms with Crippen molar-refractivity contribution in [3.8, 4) is 16.9 Å². The van der Waals surface area contributed by atoms with Gasteiger partial charge in [-0.15, -0.1) is 0 Å². The lowest BCUT2D eigenvalue weighted by Gasteiger charge is -2.32. The van der Waals surface area contributed by atoms with Crippen molar-refractivity contribution >= 4 is 12.6 Å². The molecule has 3 nitrogen and oxygen atoms in total. The molecule has 0 atom stereocenters. The van der Waals surface area contributed by atoms with Gasteiger partial charge in [0.15, 0.2) is 0 Å². The van der Waals surface area contributed by atoms with Crippen molar-refractivity contribution in [2.24, 2.45) is 0 Å². The van der Waals surface area contributed by atoms with E-state index in [1.807, 2.05) is 18.2 Å². The number of hydrogen-bond acceptors (Lipinski definition) is 3. The van der Waals surface area contributed by atoms with Gasteiger partial charge in [0, 0.05) is 5.56 Å². The lowest BCUT2D eigenvalue weighted by molar-refractivity contribution is 0.00578. The smallest absolute Gasteiger partial charge is 0.494 e. The third kappa shape index (κ3) is 3.79. The molecule has 144 valence electrons. The molecule has 1 saturated heterocycles. The van der Waals surface area contributed by atoms with Crippen molar-refractivity contribution in [3.05, 3.63) is 48.0 Å². The number of para-hydroxylation sites is 1. The van der Waals surface area contributed by atoms with Crippen LogP contribution in [0.5, 0.6) is 5.75 Å². The number of methoxy groups -OCH3 is 1. The van der Waals surface area contributed by atoms with Crippen molar-refractivity contribution in [1.29, 1.82) is 0 Å². The van der Waals surface area contributed by atoms with E-state index in [4.69, 9.17) is 14.0 Å². The van der Waals surface area contributed by atoms with Crippen LogP contribution in [0, 0.1) is 0 Å². The fourth-order valence-corrected chi connectivity index (χ4v) is 3.24. The van der Waals surface area contributed by atoms with Crippen molar-refractivity contribution < 1.29 is 14.0 Å². The summed E-state index contributed by atoms with van der Waals surface area (Å²) in [6.45, 7) is 15.0. The highest BCUT2D eigenvalue weighted by atomic mass is 16.7. The topological polar surface area (TPSA) is 27.7 Å².